The Morgan fingerprint density at radius 2 is 1.25 bits per heavy atom. The summed E-state index contributed by atoms with van der Waals surface area (Å²) in [6.45, 7) is 0. The van der Waals surface area contributed by atoms with Crippen molar-refractivity contribution in [1.29, 1.82) is 5.41 Å². The molecule has 0 heterocycles. The fraction of sp³-hybridized carbons (Fsp3) is 0.800. The molecule has 53 valence electrons. The van der Waals surface area contributed by atoms with Crippen molar-refractivity contribution in [2.24, 2.45) is 0 Å². The van der Waals surface area contributed by atoms with Crippen molar-refractivity contribution < 1.29 is 14.8 Å². The number of hydrogen-bond acceptors (Lipinski definition) is 2. The summed E-state index contributed by atoms with van der Waals surface area (Å²) in [4.78, 5) is 0. The van der Waals surface area contributed by atoms with Crippen molar-refractivity contribution in [2.45, 2.75) is 22.1 Å². The summed E-state index contributed by atoms with van der Waals surface area (Å²) in [5.41, 5.74) is 9.39. The van der Waals surface area contributed by atoms with E-state index < -0.39 is 14.8 Å². The van der Waals surface area contributed by atoms with Crippen LogP contribution in [0.2, 0.25) is 22.1 Å². The van der Waals surface area contributed by atoms with E-state index in [1.54, 1.807) is 5.16 Å². The van der Waals surface area contributed by atoms with Crippen LogP contribution in [0.5, 0.6) is 0 Å². The van der Waals surface area contributed by atoms with Crippen molar-refractivity contribution in [2.75, 3.05) is 0 Å². The zero-order valence-corrected chi connectivity index (χ0v) is 8.20. The molecule has 1 nitrogen and oxygen atoms in total. The van der Waals surface area contributed by atoms with E-state index in [-0.39, 0.29) is 0 Å². The van der Waals surface area contributed by atoms with E-state index in [0.717, 1.165) is 0 Å². The first-order valence-corrected chi connectivity index (χ1v) is 8.75. The van der Waals surface area contributed by atoms with Gasteiger partial charge < -0.3 is 0 Å². The topological polar surface area (TPSA) is 23.9 Å². The Morgan fingerprint density at radius 1 is 1.25 bits per heavy atom. The van der Waals surface area contributed by atoms with Crippen LogP contribution in [-0.4, -0.2) is 5.16 Å². The number of isothiocyanates is 1. The first-order valence-electron chi connectivity index (χ1n) is 1.79. The molecule has 0 aliphatic heterocycles. The van der Waals surface area contributed by atoms with Crippen molar-refractivity contribution in [1.82, 2.24) is 0 Å². The number of nitrogens with one attached hydrogen (secondary N) is 1. The second-order valence-corrected chi connectivity index (χ2v) is 12.1. The van der Waals surface area contributed by atoms with Crippen LogP contribution in [0.1, 0.15) is 0 Å². The van der Waals surface area contributed by atoms with Crippen molar-refractivity contribution in [3.63, 3.8) is 0 Å². The first kappa shape index (κ1) is 11.3. The molecule has 0 fully saturated rings. The summed E-state index contributed by atoms with van der Waals surface area (Å²) in [5, 5.41) is 7.36. The molecule has 0 aliphatic rings. The van der Waals surface area contributed by atoms with Gasteiger partial charge in [-0.3, -0.25) is 0 Å². The Hall–Kier alpha value is 0.423. The Morgan fingerprint density at radius 3 is 1.25 bits per heavy atom. The van der Waals surface area contributed by atoms with Crippen LogP contribution in [0.4, 0.5) is 0 Å². The monoisotopic (exact) mass is 125 g/mol. The zero-order chi connectivity index (χ0) is 7.21. The molecule has 0 saturated carbocycles. The van der Waals surface area contributed by atoms with Crippen LogP contribution in [0.3, 0.4) is 0 Å². The molecule has 8 heavy (non-hydrogen) atoms. The van der Waals surface area contributed by atoms with Gasteiger partial charge in [0.2, 0.25) is 0 Å². The quantitative estimate of drug-likeness (QED) is 0.300. The normalized spacial score (nSPS) is 10.5. The minimum absolute atomic E-state index is 0.780. The molecule has 0 rings (SSSR count). The molecule has 0 saturated heterocycles. The molecule has 0 spiro atoms. The Labute approximate surface area is 59.8 Å². The first-order chi connectivity index (χ1) is 3.41. The third kappa shape index (κ3) is 1050. The molecule has 1 N–H and O–H groups in total. The van der Waals surface area contributed by atoms with Gasteiger partial charge in [0.25, 0.3) is 0 Å². The summed E-state index contributed by atoms with van der Waals surface area (Å²) in [6, 6.07) is 0. The number of rotatable bonds is 0. The maximum absolute atomic E-state index is 5.77. The Kier molecular flexibility index (Phi) is 7.82. The van der Waals surface area contributed by atoms with Gasteiger partial charge >= 0.3 is 36.8 Å². The molecule has 0 unspecified atom stereocenters. The summed E-state index contributed by atoms with van der Waals surface area (Å²) < 4.78 is 0. The van der Waals surface area contributed by atoms with Crippen LogP contribution in [0, 0.1) is 5.41 Å². The molecule has 0 bridgehead atoms. The van der Waals surface area contributed by atoms with Gasteiger partial charge in [-0.1, -0.05) is 0 Å². The molecular formula is C5H13NRhS. The second-order valence-electron chi connectivity index (χ2n) is 2.10. The van der Waals surface area contributed by atoms with Crippen LogP contribution in [0.25, 0.3) is 0 Å². The molecule has 0 atom stereocenters. The fourth-order valence-corrected chi connectivity index (χ4v) is 0. The maximum atomic E-state index is 5.77. The molecule has 0 radical (unpaired) electrons. The molecule has 0 aromatic heterocycles. The number of thiocarbonyl (C=S) groups is 1. The minimum atomic E-state index is -0.780. The predicted molar refractivity (Wildman–Crippen MR) is 38.8 cm³/mol. The molecule has 0 aliphatic carbocycles. The van der Waals surface area contributed by atoms with E-state index in [4.69, 9.17) is 5.41 Å². The average Bonchev–Trinajstić information content (AvgIpc) is 1.27. The van der Waals surface area contributed by atoms with Crippen LogP contribution >= 0.6 is 12.2 Å². The zero-order valence-electron chi connectivity index (χ0n) is 5.74. The summed E-state index contributed by atoms with van der Waals surface area (Å²) in [6.07, 6.45) is 0. The summed E-state index contributed by atoms with van der Waals surface area (Å²) >= 11 is 3.03. The third-order valence-electron chi connectivity index (χ3n) is 0. The van der Waals surface area contributed by atoms with E-state index in [1.165, 1.54) is 0 Å². The molecule has 3 heteroatoms. The standard InChI is InChI=1S/CHNS.4CH3.Rh/c2-1-3;;;;;/h2H;4*1H3;/i;;;;;1-97. The van der Waals surface area contributed by atoms with Crippen LogP contribution < -0.4 is 0 Å². The molecular weight excluding hydrogens is 112 g/mol. The average molecular weight is 125 g/mol. The van der Waals surface area contributed by atoms with Crippen molar-refractivity contribution >= 4 is 17.4 Å². The van der Waals surface area contributed by atoms with Gasteiger partial charge in [0.1, 0.15) is 0 Å². The molecule has 0 amide bonds. The van der Waals surface area contributed by atoms with E-state index in [1.807, 2.05) is 0 Å². The van der Waals surface area contributed by atoms with Gasteiger partial charge in [-0.25, -0.2) is 5.41 Å². The van der Waals surface area contributed by atoms with Gasteiger partial charge in [0.15, 0.2) is 0 Å². The predicted octanol–water partition coefficient (Wildman–Crippen LogP) is 3.00. The van der Waals surface area contributed by atoms with E-state index >= 15 is 0 Å². The van der Waals surface area contributed by atoms with Crippen LogP contribution in [-0.2, 0) is 14.8 Å². The third-order valence-corrected chi connectivity index (χ3v) is 0. The second kappa shape index (κ2) is 5.56. The summed E-state index contributed by atoms with van der Waals surface area (Å²) in [7, 11) is 0. The van der Waals surface area contributed by atoms with E-state index in [0.29, 0.717) is 0 Å². The van der Waals surface area contributed by atoms with Gasteiger partial charge in [-0.05, 0) is 12.2 Å². The summed E-state index contributed by atoms with van der Waals surface area (Å²) in [5.74, 6) is 0. The van der Waals surface area contributed by atoms with Gasteiger partial charge in [0, 0.05) is 0 Å². The van der Waals surface area contributed by atoms with Crippen LogP contribution in [0.15, 0.2) is 0 Å². The molecule has 0 aromatic rings. The fourth-order valence-electron chi connectivity index (χ4n) is 0. The van der Waals surface area contributed by atoms with E-state index in [2.05, 4.69) is 34.3 Å². The molecule has 0 aromatic carbocycles. The van der Waals surface area contributed by atoms with E-state index in [9.17, 15) is 0 Å². The van der Waals surface area contributed by atoms with Gasteiger partial charge in [0.05, 0.1) is 5.16 Å². The van der Waals surface area contributed by atoms with Gasteiger partial charge in [-0.15, -0.1) is 0 Å². The SMILES string of the molecule is N=C=S.[CH3][6Rh]([CH3])([CH3])[CH3]. The Balaban J connectivity index is 0. The van der Waals surface area contributed by atoms with Crippen molar-refractivity contribution in [3.05, 3.63) is 0 Å². The number of hydrogen-bond donors (Lipinski definition) is 1. The Bertz CT molecular complexity index is 72.9. The van der Waals surface area contributed by atoms with Gasteiger partial charge in [-0.2, -0.15) is 0 Å². The van der Waals surface area contributed by atoms with Crippen molar-refractivity contribution in [3.8, 4) is 0 Å².